The molecule has 0 aromatic carbocycles. The van der Waals surface area contributed by atoms with Gasteiger partial charge in [-0.1, -0.05) is 20.3 Å². The molecular weight excluding hydrogens is 252 g/mol. The third-order valence-electron chi connectivity index (χ3n) is 4.24. The molecule has 1 heterocycles. The van der Waals surface area contributed by atoms with Gasteiger partial charge in [-0.15, -0.1) is 10.2 Å². The van der Waals surface area contributed by atoms with Gasteiger partial charge in [-0.05, 0) is 43.2 Å². The minimum atomic E-state index is -0.126. The molecule has 2 N–H and O–H groups in total. The summed E-state index contributed by atoms with van der Waals surface area (Å²) >= 11 is 0. The maximum atomic E-state index is 12.0. The molecule has 0 spiro atoms. The van der Waals surface area contributed by atoms with Crippen molar-refractivity contribution in [3.8, 4) is 0 Å². The minimum absolute atomic E-state index is 0.126. The fraction of sp³-hybridized carbons (Fsp3) is 0.667. The monoisotopic (exact) mass is 276 g/mol. The highest BCUT2D eigenvalue weighted by atomic mass is 16.1. The summed E-state index contributed by atoms with van der Waals surface area (Å²) in [4.78, 5) is 12.0. The summed E-state index contributed by atoms with van der Waals surface area (Å²) in [5.74, 6) is 0.590. The Labute approximate surface area is 120 Å². The molecule has 110 valence electrons. The molecule has 20 heavy (non-hydrogen) atoms. The molecule has 1 fully saturated rings. The van der Waals surface area contributed by atoms with Gasteiger partial charge in [-0.2, -0.15) is 0 Å². The summed E-state index contributed by atoms with van der Waals surface area (Å²) < 4.78 is 0. The first-order valence-electron chi connectivity index (χ1n) is 7.55. The van der Waals surface area contributed by atoms with Crippen molar-refractivity contribution in [3.63, 3.8) is 0 Å². The van der Waals surface area contributed by atoms with Gasteiger partial charge in [0, 0.05) is 13.1 Å². The van der Waals surface area contributed by atoms with Crippen LogP contribution in [-0.2, 0) is 0 Å². The average molecular weight is 276 g/mol. The van der Waals surface area contributed by atoms with E-state index in [1.807, 2.05) is 0 Å². The van der Waals surface area contributed by atoms with E-state index in [4.69, 9.17) is 0 Å². The lowest BCUT2D eigenvalue weighted by Crippen LogP contribution is -2.41. The normalized spacial score (nSPS) is 16.3. The zero-order valence-electron chi connectivity index (χ0n) is 12.4. The van der Waals surface area contributed by atoms with Crippen molar-refractivity contribution < 1.29 is 4.79 Å². The topological polar surface area (TPSA) is 66.9 Å². The number of aromatic nitrogens is 2. The van der Waals surface area contributed by atoms with Crippen LogP contribution in [0.25, 0.3) is 0 Å². The number of hydrogen-bond acceptors (Lipinski definition) is 4. The molecule has 2 rings (SSSR count). The Kier molecular flexibility index (Phi) is 4.93. The van der Waals surface area contributed by atoms with Crippen molar-refractivity contribution in [3.05, 3.63) is 17.8 Å². The molecule has 0 atom stereocenters. The van der Waals surface area contributed by atoms with Crippen LogP contribution in [0.4, 0.5) is 5.82 Å². The number of carbonyl (C=O) groups is 1. The molecular formula is C15H24N4O. The summed E-state index contributed by atoms with van der Waals surface area (Å²) in [6, 6.07) is 3.52. The molecule has 0 aliphatic heterocycles. The lowest BCUT2D eigenvalue weighted by atomic mass is 9.67. The summed E-state index contributed by atoms with van der Waals surface area (Å²) in [5.41, 5.74) is 0.712. The molecule has 1 aliphatic carbocycles. The van der Waals surface area contributed by atoms with Crippen molar-refractivity contribution in [2.24, 2.45) is 5.41 Å². The predicted molar refractivity (Wildman–Crippen MR) is 79.7 cm³/mol. The first-order chi connectivity index (χ1) is 9.69. The molecule has 1 aromatic heterocycles. The largest absolute Gasteiger partial charge is 0.369 e. The molecule has 1 aliphatic rings. The molecule has 1 aromatic rings. The maximum Gasteiger partial charge on any atom is 0.271 e. The Morgan fingerprint density at radius 2 is 2.10 bits per heavy atom. The second-order valence-corrected chi connectivity index (χ2v) is 5.62. The summed E-state index contributed by atoms with van der Waals surface area (Å²) in [6.07, 6.45) is 5.87. The maximum absolute atomic E-state index is 12.0. The van der Waals surface area contributed by atoms with Crippen molar-refractivity contribution >= 4 is 11.7 Å². The fourth-order valence-electron chi connectivity index (χ4n) is 2.49. The number of nitrogens with one attached hydrogen (secondary N) is 2. The molecule has 0 radical (unpaired) electrons. The molecule has 1 amide bonds. The number of nitrogens with zero attached hydrogens (tertiary/aromatic N) is 2. The number of rotatable bonds is 7. The zero-order chi connectivity index (χ0) is 14.4. The van der Waals surface area contributed by atoms with Gasteiger partial charge >= 0.3 is 0 Å². The quantitative estimate of drug-likeness (QED) is 0.803. The van der Waals surface area contributed by atoms with Gasteiger partial charge in [0.25, 0.3) is 5.91 Å². The van der Waals surface area contributed by atoms with Crippen LogP contribution in [0.2, 0.25) is 0 Å². The van der Waals surface area contributed by atoms with Crippen LogP contribution >= 0.6 is 0 Å². The van der Waals surface area contributed by atoms with Crippen LogP contribution in [0, 0.1) is 5.41 Å². The number of carbonyl (C=O) groups excluding carboxylic acids is 1. The van der Waals surface area contributed by atoms with E-state index in [0.717, 1.165) is 25.9 Å². The van der Waals surface area contributed by atoms with Gasteiger partial charge in [0.2, 0.25) is 0 Å². The predicted octanol–water partition coefficient (Wildman–Crippen LogP) is 2.61. The fourth-order valence-corrected chi connectivity index (χ4v) is 2.49. The van der Waals surface area contributed by atoms with Crippen LogP contribution in [0.15, 0.2) is 12.1 Å². The first kappa shape index (κ1) is 14.8. The highest BCUT2D eigenvalue weighted by Gasteiger charge is 2.35. The SMILES string of the molecule is CCCNc1ccc(C(=O)NCC2(CC)CCC2)nn1. The minimum Gasteiger partial charge on any atom is -0.369 e. The van der Waals surface area contributed by atoms with E-state index < -0.39 is 0 Å². The zero-order valence-corrected chi connectivity index (χ0v) is 12.4. The van der Waals surface area contributed by atoms with Crippen LogP contribution in [0.5, 0.6) is 0 Å². The van der Waals surface area contributed by atoms with Gasteiger partial charge in [-0.3, -0.25) is 4.79 Å². The Balaban J connectivity index is 1.85. The molecule has 0 saturated heterocycles. The van der Waals surface area contributed by atoms with E-state index in [-0.39, 0.29) is 5.91 Å². The van der Waals surface area contributed by atoms with Gasteiger partial charge in [-0.25, -0.2) is 0 Å². The third-order valence-corrected chi connectivity index (χ3v) is 4.24. The highest BCUT2D eigenvalue weighted by molar-refractivity contribution is 5.92. The number of amides is 1. The molecule has 5 nitrogen and oxygen atoms in total. The smallest absolute Gasteiger partial charge is 0.271 e. The van der Waals surface area contributed by atoms with E-state index in [1.165, 1.54) is 19.3 Å². The third kappa shape index (κ3) is 3.46. The average Bonchev–Trinajstić information content (AvgIpc) is 2.45. The van der Waals surface area contributed by atoms with Gasteiger partial charge in [0.05, 0.1) is 0 Å². The van der Waals surface area contributed by atoms with Crippen molar-refractivity contribution in [2.75, 3.05) is 18.4 Å². The Hall–Kier alpha value is -1.65. The summed E-state index contributed by atoms with van der Waals surface area (Å²) in [5, 5.41) is 14.1. The molecule has 0 unspecified atom stereocenters. The van der Waals surface area contributed by atoms with Crippen LogP contribution < -0.4 is 10.6 Å². The van der Waals surface area contributed by atoms with Gasteiger partial charge < -0.3 is 10.6 Å². The summed E-state index contributed by atoms with van der Waals surface area (Å²) in [6.45, 7) is 5.89. The number of anilines is 1. The van der Waals surface area contributed by atoms with Crippen molar-refractivity contribution in [1.82, 2.24) is 15.5 Å². The Bertz CT molecular complexity index is 434. The van der Waals surface area contributed by atoms with Gasteiger partial charge in [0.1, 0.15) is 5.82 Å². The first-order valence-corrected chi connectivity index (χ1v) is 7.55. The Morgan fingerprint density at radius 1 is 1.30 bits per heavy atom. The molecule has 5 heteroatoms. The van der Waals surface area contributed by atoms with Crippen LogP contribution in [-0.4, -0.2) is 29.2 Å². The van der Waals surface area contributed by atoms with E-state index in [2.05, 4.69) is 34.7 Å². The van der Waals surface area contributed by atoms with E-state index in [9.17, 15) is 4.79 Å². The molecule has 0 bridgehead atoms. The lowest BCUT2D eigenvalue weighted by Gasteiger charge is -2.41. The highest BCUT2D eigenvalue weighted by Crippen LogP contribution is 2.43. The number of hydrogen-bond donors (Lipinski definition) is 2. The van der Waals surface area contributed by atoms with Crippen LogP contribution in [0.1, 0.15) is 56.4 Å². The standard InChI is InChI=1S/C15H24N4O/c1-3-10-16-13-7-6-12(18-19-13)14(20)17-11-15(4-2)8-5-9-15/h6-7H,3-5,8-11H2,1-2H3,(H,16,19)(H,17,20). The van der Waals surface area contributed by atoms with E-state index in [1.54, 1.807) is 12.1 Å². The second kappa shape index (κ2) is 6.68. The van der Waals surface area contributed by atoms with Crippen LogP contribution in [0.3, 0.4) is 0 Å². The van der Waals surface area contributed by atoms with Gasteiger partial charge in [0.15, 0.2) is 5.69 Å². The Morgan fingerprint density at radius 3 is 2.60 bits per heavy atom. The van der Waals surface area contributed by atoms with Crippen molar-refractivity contribution in [2.45, 2.75) is 46.0 Å². The lowest BCUT2D eigenvalue weighted by molar-refractivity contribution is 0.0844. The van der Waals surface area contributed by atoms with Crippen molar-refractivity contribution in [1.29, 1.82) is 0 Å². The summed E-state index contributed by atoms with van der Waals surface area (Å²) in [7, 11) is 0. The molecule has 1 saturated carbocycles. The van der Waals surface area contributed by atoms with E-state index in [0.29, 0.717) is 16.9 Å². The van der Waals surface area contributed by atoms with E-state index >= 15 is 0 Å². The second-order valence-electron chi connectivity index (χ2n) is 5.62.